The van der Waals surface area contributed by atoms with Crippen molar-refractivity contribution in [1.82, 2.24) is 0 Å². The van der Waals surface area contributed by atoms with Crippen molar-refractivity contribution in [2.75, 3.05) is 9.80 Å². The number of para-hydroxylation sites is 3. The minimum absolute atomic E-state index is 0.794. The van der Waals surface area contributed by atoms with E-state index in [1.165, 1.54) is 83.6 Å². The molecule has 0 bridgehead atoms. The summed E-state index contributed by atoms with van der Waals surface area (Å²) in [6.07, 6.45) is 0.794. The zero-order valence-electron chi connectivity index (χ0n) is 34.0. The lowest BCUT2D eigenvalue weighted by Crippen LogP contribution is -2.41. The summed E-state index contributed by atoms with van der Waals surface area (Å²) in [6, 6.07) is 79.4. The zero-order valence-corrected chi connectivity index (χ0v) is 34.0. The van der Waals surface area contributed by atoms with Gasteiger partial charge in [-0.15, -0.1) is 0 Å². The van der Waals surface area contributed by atoms with Crippen LogP contribution in [-0.4, -0.2) is 7.28 Å². The van der Waals surface area contributed by atoms with Crippen molar-refractivity contribution in [2.45, 2.75) is 20.3 Å². The molecule has 285 valence electrons. The molecule has 9 aromatic carbocycles. The lowest BCUT2D eigenvalue weighted by molar-refractivity contribution is 1.18. The summed E-state index contributed by atoms with van der Waals surface area (Å²) in [5, 5.41) is 0. The molecule has 3 heteroatoms. The van der Waals surface area contributed by atoms with Crippen LogP contribution in [0, 0.1) is 13.8 Å². The van der Waals surface area contributed by atoms with Gasteiger partial charge in [0, 0.05) is 34.1 Å². The van der Waals surface area contributed by atoms with Gasteiger partial charge in [-0.2, -0.15) is 0 Å². The molecule has 0 saturated heterocycles. The van der Waals surface area contributed by atoms with E-state index in [0.717, 1.165) is 23.5 Å². The molecular weight excluding hydrogens is 723 g/mol. The van der Waals surface area contributed by atoms with Crippen molar-refractivity contribution < 1.29 is 0 Å². The Morgan fingerprint density at radius 3 is 1.63 bits per heavy atom. The van der Waals surface area contributed by atoms with Gasteiger partial charge >= 0.3 is 0 Å². The summed E-state index contributed by atoms with van der Waals surface area (Å²) in [6.45, 7) is 4.46. The molecule has 0 unspecified atom stereocenters. The van der Waals surface area contributed by atoms with E-state index in [4.69, 9.17) is 0 Å². The molecule has 0 aliphatic carbocycles. The van der Waals surface area contributed by atoms with Gasteiger partial charge in [0.1, 0.15) is 0 Å². The van der Waals surface area contributed by atoms with Crippen molar-refractivity contribution in [3.05, 3.63) is 241 Å². The van der Waals surface area contributed by atoms with Crippen LogP contribution < -0.4 is 20.7 Å². The van der Waals surface area contributed by atoms with E-state index >= 15 is 0 Å². The van der Waals surface area contributed by atoms with Gasteiger partial charge < -0.3 is 9.80 Å². The summed E-state index contributed by atoms with van der Waals surface area (Å²) in [5.41, 5.74) is 21.6. The molecule has 1 radical (unpaired) electrons. The van der Waals surface area contributed by atoms with Gasteiger partial charge in [-0.1, -0.05) is 175 Å². The number of anilines is 6. The highest BCUT2D eigenvalue weighted by atomic mass is 15.2. The van der Waals surface area contributed by atoms with Crippen LogP contribution in [0.2, 0.25) is 0 Å². The Kier molecular flexibility index (Phi) is 9.93. The maximum Gasteiger partial charge on any atom is 0.197 e. The lowest BCUT2D eigenvalue weighted by Gasteiger charge is -2.36. The number of hydrogen-bond acceptors (Lipinski definition) is 2. The molecule has 1 aliphatic heterocycles. The molecule has 0 atom stereocenters. The van der Waals surface area contributed by atoms with Gasteiger partial charge in [-0.05, 0) is 131 Å². The Morgan fingerprint density at radius 1 is 0.417 bits per heavy atom. The summed E-state index contributed by atoms with van der Waals surface area (Å²) in [7, 11) is 2.42. The fraction of sp³-hybridized carbons (Fsp3) is 0.0526. The number of nitrogens with zero attached hydrogens (tertiary/aromatic N) is 2. The topological polar surface area (TPSA) is 6.48 Å². The number of aryl methyl sites for hydroxylation is 2. The largest absolute Gasteiger partial charge is 0.311 e. The highest BCUT2D eigenvalue weighted by molar-refractivity contribution is 6.73. The predicted octanol–water partition coefficient (Wildman–Crippen LogP) is 13.8. The van der Waals surface area contributed by atoms with E-state index in [-0.39, 0.29) is 0 Å². The molecule has 1 heterocycles. The first-order chi connectivity index (χ1) is 29.6. The molecule has 0 saturated carbocycles. The first kappa shape index (κ1) is 37.0. The molecular formula is C57H44BN2. The number of hydrogen-bond donors (Lipinski definition) is 0. The van der Waals surface area contributed by atoms with Gasteiger partial charge in [0.05, 0.1) is 0 Å². The van der Waals surface area contributed by atoms with E-state index in [1.54, 1.807) is 0 Å². The Balaban J connectivity index is 1.17. The Morgan fingerprint density at radius 2 is 0.983 bits per heavy atom. The van der Waals surface area contributed by atoms with Crippen LogP contribution >= 0.6 is 0 Å². The van der Waals surface area contributed by atoms with E-state index in [2.05, 4.69) is 249 Å². The molecule has 60 heavy (non-hydrogen) atoms. The van der Waals surface area contributed by atoms with Gasteiger partial charge in [0.15, 0.2) is 7.28 Å². The van der Waals surface area contributed by atoms with Crippen LogP contribution in [0.4, 0.5) is 34.1 Å². The van der Waals surface area contributed by atoms with E-state index in [1.807, 2.05) is 0 Å². The van der Waals surface area contributed by atoms with Crippen LogP contribution in [0.15, 0.2) is 218 Å². The summed E-state index contributed by atoms with van der Waals surface area (Å²) in [5.74, 6) is 0. The standard InChI is InChI=1S/C57H44BN2/c1-40-35-52(57-56(36-40)60(54-26-16-15-17-41(54)2)55-38-46(32-34-53(55)58-57)44-20-9-4-10-21-44)51-39-50(59(48-22-11-5-12-23-48)49-24-13-6-14-25-49)33-31-47(51)37-42-27-29-45(30-28-42)43-18-7-3-8-19-43/h3-36,38-39H,37H2,1-2H3. The minimum Gasteiger partial charge on any atom is -0.311 e. The quantitative estimate of drug-likeness (QED) is 0.135. The number of fused-ring (bicyclic) bond motifs is 2. The average Bonchev–Trinajstić information content (AvgIpc) is 3.30. The predicted molar refractivity (Wildman–Crippen MR) is 256 cm³/mol. The zero-order chi connectivity index (χ0) is 40.4. The molecule has 0 aromatic heterocycles. The molecule has 0 N–H and O–H groups in total. The fourth-order valence-corrected chi connectivity index (χ4v) is 8.74. The molecule has 10 rings (SSSR count). The van der Waals surface area contributed by atoms with Crippen molar-refractivity contribution in [3.8, 4) is 33.4 Å². The third kappa shape index (κ3) is 7.20. The van der Waals surface area contributed by atoms with E-state index in [9.17, 15) is 0 Å². The van der Waals surface area contributed by atoms with E-state index < -0.39 is 0 Å². The van der Waals surface area contributed by atoms with E-state index in [0.29, 0.717) is 0 Å². The summed E-state index contributed by atoms with van der Waals surface area (Å²) in [4.78, 5) is 4.86. The lowest BCUT2D eigenvalue weighted by atomic mass is 9.57. The fourth-order valence-electron chi connectivity index (χ4n) is 8.74. The summed E-state index contributed by atoms with van der Waals surface area (Å²) < 4.78 is 0. The second-order valence-corrected chi connectivity index (χ2v) is 15.7. The highest BCUT2D eigenvalue weighted by Gasteiger charge is 2.30. The van der Waals surface area contributed by atoms with Crippen LogP contribution in [-0.2, 0) is 6.42 Å². The molecule has 0 fully saturated rings. The monoisotopic (exact) mass is 767 g/mol. The SMILES string of the molecule is Cc1cc(-c2cc(N(c3ccccc3)c3ccccc3)ccc2Cc2ccc(-c3ccccc3)cc2)c2c(c1)N(c1ccccc1C)c1cc(-c3ccccc3)ccc1[B]2. The number of rotatable bonds is 9. The number of benzene rings is 9. The molecule has 0 amide bonds. The maximum absolute atomic E-state index is 2.50. The maximum atomic E-state index is 2.50. The van der Waals surface area contributed by atoms with Crippen LogP contribution in [0.25, 0.3) is 33.4 Å². The van der Waals surface area contributed by atoms with Crippen molar-refractivity contribution in [3.63, 3.8) is 0 Å². The molecule has 9 aromatic rings. The van der Waals surface area contributed by atoms with Crippen LogP contribution in [0.5, 0.6) is 0 Å². The Labute approximate surface area is 354 Å². The average molecular weight is 768 g/mol. The third-order valence-corrected chi connectivity index (χ3v) is 11.7. The Hall–Kier alpha value is -7.36. The van der Waals surface area contributed by atoms with Gasteiger partial charge in [0.2, 0.25) is 0 Å². The Bertz CT molecular complexity index is 2890. The van der Waals surface area contributed by atoms with Gasteiger partial charge in [-0.25, -0.2) is 0 Å². The van der Waals surface area contributed by atoms with Crippen molar-refractivity contribution in [2.24, 2.45) is 0 Å². The van der Waals surface area contributed by atoms with Crippen molar-refractivity contribution in [1.29, 1.82) is 0 Å². The first-order valence-corrected chi connectivity index (χ1v) is 20.8. The highest BCUT2D eigenvalue weighted by Crippen LogP contribution is 2.43. The normalized spacial score (nSPS) is 11.7. The second-order valence-electron chi connectivity index (χ2n) is 15.7. The molecule has 0 spiro atoms. The van der Waals surface area contributed by atoms with Crippen molar-refractivity contribution >= 4 is 52.3 Å². The van der Waals surface area contributed by atoms with Gasteiger partial charge in [-0.3, -0.25) is 0 Å². The minimum atomic E-state index is 0.794. The molecule has 2 nitrogen and oxygen atoms in total. The smallest absolute Gasteiger partial charge is 0.197 e. The van der Waals surface area contributed by atoms with Crippen LogP contribution in [0.1, 0.15) is 22.3 Å². The van der Waals surface area contributed by atoms with Crippen LogP contribution in [0.3, 0.4) is 0 Å². The second kappa shape index (κ2) is 16.1. The molecule has 1 aliphatic rings. The first-order valence-electron chi connectivity index (χ1n) is 20.8. The van der Waals surface area contributed by atoms with Gasteiger partial charge in [0.25, 0.3) is 0 Å². The summed E-state index contributed by atoms with van der Waals surface area (Å²) >= 11 is 0. The third-order valence-electron chi connectivity index (χ3n) is 11.7.